The van der Waals surface area contributed by atoms with Gasteiger partial charge in [0.2, 0.25) is 5.91 Å². The first-order valence-corrected chi connectivity index (χ1v) is 4.30. The van der Waals surface area contributed by atoms with Crippen molar-refractivity contribution in [3.63, 3.8) is 0 Å². The molecule has 0 radical (unpaired) electrons. The number of hydrogen-bond donors (Lipinski definition) is 0. The third-order valence-corrected chi connectivity index (χ3v) is 2.38. The quantitative estimate of drug-likeness (QED) is 0.583. The zero-order chi connectivity index (χ0) is 9.30. The Morgan fingerprint density at radius 3 is 2.25 bits per heavy atom. The van der Waals surface area contributed by atoms with Crippen LogP contribution >= 0.6 is 0 Å². The van der Waals surface area contributed by atoms with Crippen LogP contribution in [0.4, 0.5) is 0 Å². The maximum atomic E-state index is 11.1. The number of ketones is 1. The second-order valence-corrected chi connectivity index (χ2v) is 3.64. The Morgan fingerprint density at radius 1 is 1.33 bits per heavy atom. The average Bonchev–Trinajstić information content (AvgIpc) is 2.31. The van der Waals surface area contributed by atoms with E-state index in [1.807, 2.05) is 0 Å². The molecular weight excluding hydrogens is 154 g/mol. The number of carbonyl (C=O) groups excluding carboxylic acids is 2. The van der Waals surface area contributed by atoms with Crippen molar-refractivity contribution in [3.05, 3.63) is 0 Å². The Morgan fingerprint density at radius 2 is 1.92 bits per heavy atom. The Kier molecular flexibility index (Phi) is 2.50. The average molecular weight is 169 g/mol. The van der Waals surface area contributed by atoms with Gasteiger partial charge in [0.15, 0.2) is 5.78 Å². The molecule has 1 aliphatic heterocycles. The van der Waals surface area contributed by atoms with Gasteiger partial charge in [0.25, 0.3) is 0 Å². The minimum absolute atomic E-state index is 0.0135. The number of rotatable bonds is 1. The number of carbonyl (C=O) groups is 2. The van der Waals surface area contributed by atoms with Gasteiger partial charge in [-0.1, -0.05) is 6.92 Å². The van der Waals surface area contributed by atoms with Crippen LogP contribution < -0.4 is 0 Å². The molecule has 0 N–H and O–H groups in total. The highest BCUT2D eigenvalue weighted by atomic mass is 16.2. The summed E-state index contributed by atoms with van der Waals surface area (Å²) in [6, 6.07) is -0.155. The van der Waals surface area contributed by atoms with E-state index in [4.69, 9.17) is 0 Å². The Hall–Kier alpha value is -0.860. The largest absolute Gasteiger partial charge is 0.333 e. The van der Waals surface area contributed by atoms with Gasteiger partial charge >= 0.3 is 0 Å². The molecule has 12 heavy (non-hydrogen) atoms. The smallest absolute Gasteiger partial charge is 0.220 e. The van der Waals surface area contributed by atoms with Crippen molar-refractivity contribution in [3.8, 4) is 0 Å². The van der Waals surface area contributed by atoms with Crippen molar-refractivity contribution >= 4 is 11.7 Å². The van der Waals surface area contributed by atoms with E-state index in [-0.39, 0.29) is 17.7 Å². The van der Waals surface area contributed by atoms with Crippen LogP contribution in [0.1, 0.15) is 27.2 Å². The van der Waals surface area contributed by atoms with Crippen molar-refractivity contribution in [1.29, 1.82) is 0 Å². The predicted octanol–water partition coefficient (Wildman–Crippen LogP) is 0.832. The van der Waals surface area contributed by atoms with Gasteiger partial charge in [-0.25, -0.2) is 0 Å². The summed E-state index contributed by atoms with van der Waals surface area (Å²) in [4.78, 5) is 23.9. The van der Waals surface area contributed by atoms with Gasteiger partial charge < -0.3 is 4.90 Å². The second kappa shape index (κ2) is 3.25. The van der Waals surface area contributed by atoms with E-state index in [1.54, 1.807) is 11.8 Å². The van der Waals surface area contributed by atoms with Crippen LogP contribution in [-0.2, 0) is 9.59 Å². The lowest BCUT2D eigenvalue weighted by Crippen LogP contribution is -2.38. The van der Waals surface area contributed by atoms with Crippen LogP contribution in [0.25, 0.3) is 0 Å². The lowest BCUT2D eigenvalue weighted by molar-refractivity contribution is -0.135. The summed E-state index contributed by atoms with van der Waals surface area (Å²) < 4.78 is 0. The van der Waals surface area contributed by atoms with Crippen LogP contribution in [-0.4, -0.2) is 29.2 Å². The number of hydrogen-bond acceptors (Lipinski definition) is 2. The van der Waals surface area contributed by atoms with Crippen LogP contribution in [0.2, 0.25) is 0 Å². The van der Waals surface area contributed by atoms with E-state index in [2.05, 4.69) is 6.92 Å². The first-order chi connectivity index (χ1) is 5.52. The monoisotopic (exact) mass is 169 g/mol. The molecule has 1 heterocycles. The summed E-state index contributed by atoms with van der Waals surface area (Å²) in [5.74, 6) is 0.580. The van der Waals surface area contributed by atoms with Crippen LogP contribution in [0.3, 0.4) is 0 Å². The van der Waals surface area contributed by atoms with E-state index in [1.165, 1.54) is 6.92 Å². The van der Waals surface area contributed by atoms with Gasteiger partial charge in [0.05, 0.1) is 6.04 Å². The fraction of sp³-hybridized carbons (Fsp3) is 0.778. The lowest BCUT2D eigenvalue weighted by Gasteiger charge is -2.20. The topological polar surface area (TPSA) is 37.4 Å². The van der Waals surface area contributed by atoms with Crippen LogP contribution in [0, 0.1) is 5.92 Å². The van der Waals surface area contributed by atoms with Gasteiger partial charge in [0, 0.05) is 13.5 Å². The first-order valence-electron chi connectivity index (χ1n) is 4.30. The van der Waals surface area contributed by atoms with E-state index < -0.39 is 0 Å². The molecule has 0 bridgehead atoms. The summed E-state index contributed by atoms with van der Waals surface area (Å²) in [5, 5.41) is 0. The SMILES string of the molecule is CC(=O)C1C[C@@H](C)CN1C(C)=O. The third kappa shape index (κ3) is 1.65. The summed E-state index contributed by atoms with van der Waals surface area (Å²) in [5.41, 5.74) is 0. The number of Topliss-reactive ketones (excluding diaryl/α,β-unsaturated/α-hetero) is 1. The van der Waals surface area contributed by atoms with Crippen LogP contribution in [0.5, 0.6) is 0 Å². The standard InChI is InChI=1S/C9H15NO2/c1-6-4-9(7(2)11)10(5-6)8(3)12/h6,9H,4-5H2,1-3H3/t6-,9?/m1/s1. The molecule has 0 aliphatic carbocycles. The molecule has 1 saturated heterocycles. The molecular formula is C9H15NO2. The van der Waals surface area contributed by atoms with E-state index in [9.17, 15) is 9.59 Å². The van der Waals surface area contributed by atoms with Crippen molar-refractivity contribution in [2.45, 2.75) is 33.2 Å². The van der Waals surface area contributed by atoms with E-state index >= 15 is 0 Å². The number of likely N-dealkylation sites (tertiary alicyclic amines) is 1. The Balaban J connectivity index is 2.72. The van der Waals surface area contributed by atoms with E-state index in [0.717, 1.165) is 13.0 Å². The number of nitrogens with zero attached hydrogens (tertiary/aromatic N) is 1. The second-order valence-electron chi connectivity index (χ2n) is 3.64. The molecule has 0 aromatic heterocycles. The summed E-state index contributed by atoms with van der Waals surface area (Å²) in [7, 11) is 0. The van der Waals surface area contributed by atoms with Crippen molar-refractivity contribution in [1.82, 2.24) is 4.90 Å². The molecule has 0 aromatic rings. The zero-order valence-corrected chi connectivity index (χ0v) is 7.83. The van der Waals surface area contributed by atoms with Gasteiger partial charge in [-0.2, -0.15) is 0 Å². The highest BCUT2D eigenvalue weighted by molar-refractivity contribution is 5.87. The molecule has 1 fully saturated rings. The summed E-state index contributed by atoms with van der Waals surface area (Å²) in [6.45, 7) is 5.88. The van der Waals surface area contributed by atoms with Gasteiger partial charge in [-0.05, 0) is 19.3 Å². The maximum Gasteiger partial charge on any atom is 0.220 e. The molecule has 1 rings (SSSR count). The first kappa shape index (κ1) is 9.23. The van der Waals surface area contributed by atoms with Crippen molar-refractivity contribution in [2.75, 3.05) is 6.54 Å². The lowest BCUT2D eigenvalue weighted by atomic mass is 10.1. The summed E-state index contributed by atoms with van der Waals surface area (Å²) in [6.07, 6.45) is 0.828. The minimum atomic E-state index is -0.155. The van der Waals surface area contributed by atoms with Crippen molar-refractivity contribution < 1.29 is 9.59 Å². The van der Waals surface area contributed by atoms with Crippen molar-refractivity contribution in [2.24, 2.45) is 5.92 Å². The molecule has 0 saturated carbocycles. The van der Waals surface area contributed by atoms with Gasteiger partial charge in [0.1, 0.15) is 0 Å². The number of amides is 1. The molecule has 0 spiro atoms. The van der Waals surface area contributed by atoms with Gasteiger partial charge in [-0.15, -0.1) is 0 Å². The van der Waals surface area contributed by atoms with E-state index in [0.29, 0.717) is 5.92 Å². The third-order valence-electron chi connectivity index (χ3n) is 2.38. The van der Waals surface area contributed by atoms with Crippen LogP contribution in [0.15, 0.2) is 0 Å². The zero-order valence-electron chi connectivity index (χ0n) is 7.83. The fourth-order valence-electron chi connectivity index (χ4n) is 1.78. The highest BCUT2D eigenvalue weighted by Crippen LogP contribution is 2.23. The normalized spacial score (nSPS) is 29.1. The maximum absolute atomic E-state index is 11.1. The molecule has 1 aliphatic rings. The highest BCUT2D eigenvalue weighted by Gasteiger charge is 2.33. The molecule has 1 amide bonds. The van der Waals surface area contributed by atoms with Gasteiger partial charge in [-0.3, -0.25) is 9.59 Å². The molecule has 2 atom stereocenters. The predicted molar refractivity (Wildman–Crippen MR) is 45.6 cm³/mol. The molecule has 0 aromatic carbocycles. The molecule has 68 valence electrons. The molecule has 3 nitrogen and oxygen atoms in total. The Bertz CT molecular complexity index is 191. The fourth-order valence-corrected chi connectivity index (χ4v) is 1.78. The molecule has 1 unspecified atom stereocenters. The minimum Gasteiger partial charge on any atom is -0.333 e. The summed E-state index contributed by atoms with van der Waals surface area (Å²) >= 11 is 0. The Labute approximate surface area is 72.7 Å². The molecule has 3 heteroatoms.